The lowest BCUT2D eigenvalue weighted by molar-refractivity contribution is 0.414. The SMILES string of the molecule is CC[Si](CC)(CC)C(C)c1cccc(OC)c1. The van der Waals surface area contributed by atoms with Crippen LogP contribution in [0.4, 0.5) is 0 Å². The lowest BCUT2D eigenvalue weighted by Gasteiger charge is -2.35. The molecule has 0 aliphatic heterocycles. The van der Waals surface area contributed by atoms with E-state index >= 15 is 0 Å². The second-order valence-electron chi connectivity index (χ2n) is 4.92. The van der Waals surface area contributed by atoms with Crippen molar-refractivity contribution in [1.29, 1.82) is 0 Å². The Balaban J connectivity index is 3.04. The first-order valence-electron chi connectivity index (χ1n) is 6.77. The van der Waals surface area contributed by atoms with Crippen LogP contribution in [0, 0.1) is 0 Å². The van der Waals surface area contributed by atoms with Crippen LogP contribution in [0.3, 0.4) is 0 Å². The molecule has 17 heavy (non-hydrogen) atoms. The largest absolute Gasteiger partial charge is 0.497 e. The summed E-state index contributed by atoms with van der Waals surface area (Å²) in [4.78, 5) is 0. The summed E-state index contributed by atoms with van der Waals surface area (Å²) in [6, 6.07) is 12.7. The van der Waals surface area contributed by atoms with Gasteiger partial charge < -0.3 is 4.74 Å². The Morgan fingerprint density at radius 1 is 1.12 bits per heavy atom. The van der Waals surface area contributed by atoms with E-state index in [9.17, 15) is 0 Å². The van der Waals surface area contributed by atoms with E-state index in [0.717, 1.165) is 11.3 Å². The minimum atomic E-state index is -1.15. The van der Waals surface area contributed by atoms with Gasteiger partial charge in [0.05, 0.1) is 15.2 Å². The van der Waals surface area contributed by atoms with E-state index < -0.39 is 8.07 Å². The zero-order valence-electron chi connectivity index (χ0n) is 11.9. The molecule has 0 N–H and O–H groups in total. The number of hydrogen-bond donors (Lipinski definition) is 0. The van der Waals surface area contributed by atoms with Gasteiger partial charge >= 0.3 is 0 Å². The van der Waals surface area contributed by atoms with E-state index in [2.05, 4.69) is 45.9 Å². The second-order valence-corrected chi connectivity index (χ2v) is 10.6. The van der Waals surface area contributed by atoms with Crippen molar-refractivity contribution in [2.75, 3.05) is 7.11 Å². The summed E-state index contributed by atoms with van der Waals surface area (Å²) in [6.45, 7) is 9.53. The van der Waals surface area contributed by atoms with Gasteiger partial charge in [0.1, 0.15) is 5.75 Å². The highest BCUT2D eigenvalue weighted by molar-refractivity contribution is 6.80. The smallest absolute Gasteiger partial charge is 0.119 e. The Morgan fingerprint density at radius 3 is 2.18 bits per heavy atom. The van der Waals surface area contributed by atoms with Crippen LogP contribution in [-0.2, 0) is 0 Å². The number of methoxy groups -OCH3 is 1. The third-order valence-corrected chi connectivity index (χ3v) is 11.0. The molecule has 0 saturated carbocycles. The van der Waals surface area contributed by atoms with Crippen molar-refractivity contribution >= 4 is 8.07 Å². The van der Waals surface area contributed by atoms with Crippen molar-refractivity contribution in [2.45, 2.75) is 51.4 Å². The number of benzene rings is 1. The lowest BCUT2D eigenvalue weighted by Crippen LogP contribution is -2.38. The van der Waals surface area contributed by atoms with Crippen LogP contribution in [-0.4, -0.2) is 15.2 Å². The van der Waals surface area contributed by atoms with Crippen LogP contribution < -0.4 is 4.74 Å². The molecular formula is C15H26OSi. The quantitative estimate of drug-likeness (QED) is 0.656. The molecule has 0 aromatic heterocycles. The number of rotatable bonds is 6. The molecule has 0 fully saturated rings. The van der Waals surface area contributed by atoms with Crippen LogP contribution >= 0.6 is 0 Å². The van der Waals surface area contributed by atoms with Gasteiger partial charge in [0.15, 0.2) is 0 Å². The Kier molecular flexibility index (Phi) is 5.25. The van der Waals surface area contributed by atoms with Gasteiger partial charge in [-0.25, -0.2) is 0 Å². The fourth-order valence-corrected chi connectivity index (χ4v) is 7.16. The van der Waals surface area contributed by atoms with E-state index in [1.165, 1.54) is 23.7 Å². The summed E-state index contributed by atoms with van der Waals surface area (Å²) in [6.07, 6.45) is 0. The molecule has 1 aromatic carbocycles. The summed E-state index contributed by atoms with van der Waals surface area (Å²) in [5.74, 6) is 0.987. The van der Waals surface area contributed by atoms with E-state index in [4.69, 9.17) is 4.74 Å². The van der Waals surface area contributed by atoms with Crippen molar-refractivity contribution < 1.29 is 4.74 Å². The van der Waals surface area contributed by atoms with E-state index in [-0.39, 0.29) is 0 Å². The monoisotopic (exact) mass is 250 g/mol. The number of hydrogen-bond acceptors (Lipinski definition) is 1. The predicted octanol–water partition coefficient (Wildman–Crippen LogP) is 4.85. The van der Waals surface area contributed by atoms with Gasteiger partial charge in [0, 0.05) is 0 Å². The first-order chi connectivity index (χ1) is 8.13. The summed E-state index contributed by atoms with van der Waals surface area (Å²) in [5.41, 5.74) is 2.18. The van der Waals surface area contributed by atoms with E-state index in [1.807, 2.05) is 6.07 Å². The van der Waals surface area contributed by atoms with Crippen LogP contribution in [0.1, 0.15) is 38.8 Å². The van der Waals surface area contributed by atoms with Gasteiger partial charge in [-0.3, -0.25) is 0 Å². The van der Waals surface area contributed by atoms with Crippen LogP contribution in [0.5, 0.6) is 5.75 Å². The van der Waals surface area contributed by atoms with Crippen LogP contribution in [0.15, 0.2) is 24.3 Å². The molecule has 0 bridgehead atoms. The van der Waals surface area contributed by atoms with Gasteiger partial charge in [-0.2, -0.15) is 0 Å². The maximum Gasteiger partial charge on any atom is 0.119 e. The van der Waals surface area contributed by atoms with Gasteiger partial charge in [-0.1, -0.05) is 58.0 Å². The Labute approximate surface area is 107 Å². The average molecular weight is 250 g/mol. The number of ether oxygens (including phenoxy) is 1. The van der Waals surface area contributed by atoms with Gasteiger partial charge in [0.2, 0.25) is 0 Å². The van der Waals surface area contributed by atoms with Gasteiger partial charge in [-0.15, -0.1) is 0 Å². The molecule has 0 aliphatic rings. The standard InChI is InChI=1S/C15H26OSi/c1-6-17(7-2,8-3)13(4)14-10-9-11-15(12-14)16-5/h9-13H,6-8H2,1-5H3. The molecule has 0 radical (unpaired) electrons. The van der Waals surface area contributed by atoms with Crippen molar-refractivity contribution in [1.82, 2.24) is 0 Å². The predicted molar refractivity (Wildman–Crippen MR) is 78.6 cm³/mol. The summed E-state index contributed by atoms with van der Waals surface area (Å²) in [5, 5.41) is 0. The molecule has 0 saturated heterocycles. The van der Waals surface area contributed by atoms with E-state index in [1.54, 1.807) is 7.11 Å². The van der Waals surface area contributed by atoms with Crippen molar-refractivity contribution in [2.24, 2.45) is 0 Å². The summed E-state index contributed by atoms with van der Waals surface area (Å²) < 4.78 is 5.33. The normalized spacial score (nSPS) is 13.5. The highest BCUT2D eigenvalue weighted by Gasteiger charge is 2.34. The Morgan fingerprint density at radius 2 is 1.71 bits per heavy atom. The van der Waals surface area contributed by atoms with Gasteiger partial charge in [0.25, 0.3) is 0 Å². The zero-order chi connectivity index (χ0) is 12.9. The third kappa shape index (κ3) is 2.92. The topological polar surface area (TPSA) is 9.23 Å². The summed E-state index contributed by atoms with van der Waals surface area (Å²) in [7, 11) is 0.591. The van der Waals surface area contributed by atoms with Crippen molar-refractivity contribution in [3.8, 4) is 5.75 Å². The lowest BCUT2D eigenvalue weighted by atomic mass is 10.1. The average Bonchev–Trinajstić information content (AvgIpc) is 2.41. The molecule has 1 rings (SSSR count). The minimum Gasteiger partial charge on any atom is -0.497 e. The molecule has 2 heteroatoms. The second kappa shape index (κ2) is 6.25. The molecule has 1 atom stereocenters. The van der Waals surface area contributed by atoms with E-state index in [0.29, 0.717) is 0 Å². The van der Waals surface area contributed by atoms with Crippen molar-refractivity contribution in [3.63, 3.8) is 0 Å². The molecular weight excluding hydrogens is 224 g/mol. The maximum atomic E-state index is 5.33. The highest BCUT2D eigenvalue weighted by atomic mass is 28.3. The van der Waals surface area contributed by atoms with Crippen molar-refractivity contribution in [3.05, 3.63) is 29.8 Å². The molecule has 0 aliphatic carbocycles. The van der Waals surface area contributed by atoms with Gasteiger partial charge in [-0.05, 0) is 23.2 Å². The third-order valence-electron chi connectivity index (χ3n) is 4.62. The minimum absolute atomic E-state index is 0.720. The maximum absolute atomic E-state index is 5.33. The Bertz CT molecular complexity index is 336. The highest BCUT2D eigenvalue weighted by Crippen LogP contribution is 2.36. The molecule has 1 nitrogen and oxygen atoms in total. The summed E-state index contributed by atoms with van der Waals surface area (Å²) >= 11 is 0. The van der Waals surface area contributed by atoms with Crippen LogP contribution in [0.25, 0.3) is 0 Å². The fraction of sp³-hybridized carbons (Fsp3) is 0.600. The molecule has 96 valence electrons. The molecule has 1 aromatic rings. The first kappa shape index (κ1) is 14.3. The van der Waals surface area contributed by atoms with Crippen LogP contribution in [0.2, 0.25) is 18.1 Å². The Hall–Kier alpha value is -0.763. The fourth-order valence-electron chi connectivity index (χ4n) is 2.93. The molecule has 0 heterocycles. The molecule has 0 amide bonds. The first-order valence-corrected chi connectivity index (χ1v) is 9.47. The molecule has 1 unspecified atom stereocenters. The molecule has 0 spiro atoms. The zero-order valence-corrected chi connectivity index (χ0v) is 12.9.